The molecule has 1 unspecified atom stereocenters. The monoisotopic (exact) mass is 1200 g/mol. The molecule has 6 heterocycles. The molecule has 24 nitrogen and oxygen atoms in total. The molecule has 77 heavy (non-hydrogen) atoms. The van der Waals surface area contributed by atoms with Crippen LogP contribution in [0.5, 0.6) is 5.75 Å². The summed E-state index contributed by atoms with van der Waals surface area (Å²) in [4.78, 5) is 90.0. The fourth-order valence-corrected chi connectivity index (χ4v) is 10.5. The summed E-state index contributed by atoms with van der Waals surface area (Å²) in [6.45, 7) is 0.168. The van der Waals surface area contributed by atoms with E-state index in [1.807, 2.05) is 20.4 Å². The van der Waals surface area contributed by atoms with E-state index in [4.69, 9.17) is 23.2 Å². The number of sulfonamides is 2. The van der Waals surface area contributed by atoms with Crippen molar-refractivity contribution >= 4 is 119 Å². The van der Waals surface area contributed by atoms with Crippen molar-refractivity contribution in [2.24, 2.45) is 10.9 Å². The minimum absolute atomic E-state index is 0.000654. The predicted octanol–water partition coefficient (Wildman–Crippen LogP) is 4.62. The first-order chi connectivity index (χ1) is 36.1. The number of hydrogen-bond acceptors (Lipinski definition) is 18. The van der Waals surface area contributed by atoms with Crippen LogP contribution in [0.3, 0.4) is 0 Å². The average molecular weight is 1200 g/mol. The van der Waals surface area contributed by atoms with Gasteiger partial charge in [-0.05, 0) is 61.4 Å². The Morgan fingerprint density at radius 2 is 1.16 bits per heavy atom. The number of imide groups is 1. The van der Waals surface area contributed by atoms with Gasteiger partial charge in [-0.25, -0.2) is 41.6 Å². The number of aromatic hydroxyl groups is 1. The zero-order valence-corrected chi connectivity index (χ0v) is 43.4. The Hall–Kier alpha value is -7.08. The highest BCUT2D eigenvalue weighted by molar-refractivity contribution is 7.91. The third-order valence-corrected chi connectivity index (χ3v) is 15.7. The number of hydrogen-bond donors (Lipinski definition) is 10. The van der Waals surface area contributed by atoms with Gasteiger partial charge in [0, 0.05) is 54.3 Å². The molecule has 1 aliphatic rings. The molecule has 0 fully saturated rings. The largest absolute Gasteiger partial charge is 0.506 e. The van der Waals surface area contributed by atoms with E-state index in [1.165, 1.54) is 36.4 Å². The highest BCUT2D eigenvalue weighted by Gasteiger charge is 2.33. The maximum Gasteiger partial charge on any atom is 0.417 e. The lowest BCUT2D eigenvalue weighted by atomic mass is 10.1. The first-order valence-electron chi connectivity index (χ1n) is 21.4. The van der Waals surface area contributed by atoms with Crippen molar-refractivity contribution < 1.29 is 77.1 Å². The summed E-state index contributed by atoms with van der Waals surface area (Å²) in [6.07, 6.45) is -5.77. The van der Waals surface area contributed by atoms with Crippen LogP contribution < -0.4 is 47.1 Å². The highest BCUT2D eigenvalue weighted by atomic mass is 35.5. The molecule has 0 radical (unpaired) electrons. The van der Waals surface area contributed by atoms with Crippen molar-refractivity contribution in [1.82, 2.24) is 51.4 Å². The number of hydrazine groups is 2. The summed E-state index contributed by atoms with van der Waals surface area (Å²) < 4.78 is 125. The molecule has 1 atom stereocenters. The minimum atomic E-state index is -4.59. The number of nitrogens with zero attached hydrogens (tertiary/aromatic N) is 4. The number of amides is 7. The Kier molecular flexibility index (Phi) is 21.2. The molecule has 36 heteroatoms. The van der Waals surface area contributed by atoms with Gasteiger partial charge in [-0.15, -0.1) is 32.3 Å². The van der Waals surface area contributed by atoms with Gasteiger partial charge in [0.15, 0.2) is 5.92 Å². The van der Waals surface area contributed by atoms with Crippen LogP contribution >= 0.6 is 45.9 Å². The molecule has 414 valence electrons. The Balaban J connectivity index is 0.000000284. The smallest absolute Gasteiger partial charge is 0.417 e. The Morgan fingerprint density at radius 3 is 1.58 bits per heavy atom. The third-order valence-electron chi connectivity index (χ3n) is 9.51. The molecular weight excluding hydrogens is 1160 g/mol. The van der Waals surface area contributed by atoms with Crippen molar-refractivity contribution in [2.75, 3.05) is 23.7 Å². The molecule has 0 bridgehead atoms. The molecule has 5 aromatic heterocycles. The number of anilines is 2. The molecule has 0 spiro atoms. The predicted molar refractivity (Wildman–Crippen MR) is 264 cm³/mol. The first-order valence-corrected chi connectivity index (χ1v) is 26.8. The van der Waals surface area contributed by atoms with Crippen molar-refractivity contribution in [3.8, 4) is 5.75 Å². The van der Waals surface area contributed by atoms with Crippen LogP contribution in [0, 0.1) is 5.92 Å². The van der Waals surface area contributed by atoms with Gasteiger partial charge in [-0.2, -0.15) is 26.3 Å². The SMILES string of the molecule is O=C(CCCNc1ncc(C(F)(F)F)cc1Cl)NNS(=O)(=O)c1ccc(CNC(=O)C2C=NC(=O)NC2=O)s1.O=C(CCCNc1ncc(C(F)(F)F)cc1Cl)NNS(=O)(=O)c1ccc(CNC(=O)c2ccc(O)cn2)s1. The molecule has 0 saturated carbocycles. The topological polar surface area (TPSA) is 350 Å². The number of urea groups is 1. The van der Waals surface area contributed by atoms with Crippen LogP contribution in [0.15, 0.2) is 80.5 Å². The van der Waals surface area contributed by atoms with Crippen LogP contribution in [0.4, 0.5) is 42.8 Å². The molecule has 6 rings (SSSR count). The van der Waals surface area contributed by atoms with E-state index < -0.39 is 85.0 Å². The summed E-state index contributed by atoms with van der Waals surface area (Å²) in [5, 5.41) is 21.0. The van der Waals surface area contributed by atoms with E-state index in [1.54, 1.807) is 0 Å². The maximum absolute atomic E-state index is 12.7. The molecule has 7 amide bonds. The van der Waals surface area contributed by atoms with Gasteiger partial charge in [0.25, 0.3) is 26.0 Å². The van der Waals surface area contributed by atoms with Gasteiger partial charge in [0.05, 0.1) is 40.5 Å². The van der Waals surface area contributed by atoms with Gasteiger partial charge < -0.3 is 26.4 Å². The number of aliphatic imine (C=N–C) groups is 1. The number of rotatable bonds is 22. The Bertz CT molecular complexity index is 3240. The van der Waals surface area contributed by atoms with E-state index in [0.29, 0.717) is 22.1 Å². The lowest BCUT2D eigenvalue weighted by Crippen LogP contribution is -2.46. The minimum Gasteiger partial charge on any atom is -0.506 e. The van der Waals surface area contributed by atoms with Gasteiger partial charge in [-0.3, -0.25) is 40.1 Å². The average Bonchev–Trinajstić information content (AvgIpc) is 4.06. The second-order valence-corrected chi connectivity index (χ2v) is 22.2. The number of aromatic nitrogens is 3. The van der Waals surface area contributed by atoms with Gasteiger partial charge in [0.2, 0.25) is 23.6 Å². The normalized spacial score (nSPS) is 13.6. The van der Waals surface area contributed by atoms with Crippen LogP contribution in [-0.2, 0) is 64.7 Å². The van der Waals surface area contributed by atoms with Crippen LogP contribution in [-0.4, -0.2) is 91.8 Å². The zero-order chi connectivity index (χ0) is 56.7. The van der Waals surface area contributed by atoms with E-state index >= 15 is 0 Å². The first kappa shape index (κ1) is 60.8. The number of alkyl halides is 6. The maximum atomic E-state index is 12.7. The summed E-state index contributed by atoms with van der Waals surface area (Å²) in [6, 6.07) is 8.68. The Morgan fingerprint density at radius 1 is 0.675 bits per heavy atom. The molecule has 5 aromatic rings. The second kappa shape index (κ2) is 26.8. The number of carbonyl (C=O) groups is 6. The zero-order valence-electron chi connectivity index (χ0n) is 38.6. The Labute approximate surface area is 449 Å². The molecular formula is C41H39Cl2F6N13O11S4. The van der Waals surface area contributed by atoms with E-state index in [0.717, 1.165) is 47.2 Å². The molecule has 10 N–H and O–H groups in total. The van der Waals surface area contributed by atoms with Crippen LogP contribution in [0.25, 0.3) is 0 Å². The van der Waals surface area contributed by atoms with Gasteiger partial charge in [-0.1, -0.05) is 23.2 Å². The summed E-state index contributed by atoms with van der Waals surface area (Å²) >= 11 is 13.3. The van der Waals surface area contributed by atoms with Crippen LogP contribution in [0.1, 0.15) is 57.1 Å². The second-order valence-electron chi connectivity index (χ2n) is 15.3. The van der Waals surface area contributed by atoms with Crippen molar-refractivity contribution in [3.05, 3.63) is 104 Å². The fourth-order valence-electron chi connectivity index (χ4n) is 5.70. The lowest BCUT2D eigenvalue weighted by molar-refractivity contribution is -0.138. The standard InChI is InChI=1S/C21H20ClF3N6O5S2.C20H19ClF3N7O6S2/c22-15-8-12(21(23,24)25)9-28-19(15)26-7-1-2-17(33)30-31-38(35,36)18-6-4-14(37-18)11-29-20(34)16-5-3-13(32)10-27-16;21-13-6-10(20(22,23)24)7-26-16(13)25-5-1-2-14(32)30-31-39(36,37)15-4-3-11(38-15)8-27-17(33)12-9-28-19(35)29-18(12)34/h3-6,8-10,31-32H,1-2,7,11H2,(H,26,28)(H,29,34)(H,30,33);3-4,6-7,9,12,31H,1-2,5,8H2,(H,25,26)(H,27,33)(H,30,32)(H,29,34,35). The third kappa shape index (κ3) is 18.9. The number of halogens is 8. The molecule has 0 saturated heterocycles. The lowest BCUT2D eigenvalue weighted by Gasteiger charge is -2.14. The number of nitrogens with one attached hydrogen (secondary N) is 9. The summed E-state index contributed by atoms with van der Waals surface area (Å²) in [5.41, 5.74) is 2.20. The number of carbonyl (C=O) groups excluding carboxylic acids is 6. The summed E-state index contributed by atoms with van der Waals surface area (Å²) in [5.74, 6) is -4.79. The molecule has 0 aliphatic carbocycles. The summed E-state index contributed by atoms with van der Waals surface area (Å²) in [7, 11) is -8.21. The van der Waals surface area contributed by atoms with Crippen molar-refractivity contribution in [1.29, 1.82) is 0 Å². The van der Waals surface area contributed by atoms with Crippen molar-refractivity contribution in [3.63, 3.8) is 0 Å². The quantitative estimate of drug-likeness (QED) is 0.0196. The van der Waals surface area contributed by atoms with E-state index in [2.05, 4.69) is 46.6 Å². The van der Waals surface area contributed by atoms with Gasteiger partial charge in [0.1, 0.15) is 31.5 Å². The van der Waals surface area contributed by atoms with E-state index in [-0.39, 0.29) is 93.4 Å². The fraction of sp³-hybridized carbons (Fsp3) is 0.268. The molecule has 0 aromatic carbocycles. The van der Waals surface area contributed by atoms with Crippen LogP contribution in [0.2, 0.25) is 10.0 Å². The van der Waals surface area contributed by atoms with Crippen molar-refractivity contribution in [2.45, 2.75) is 59.5 Å². The number of thiophene rings is 2. The number of pyridine rings is 3. The van der Waals surface area contributed by atoms with Gasteiger partial charge >= 0.3 is 18.4 Å². The highest BCUT2D eigenvalue weighted by Crippen LogP contribution is 2.34. The molecule has 1 aliphatic heterocycles. The van der Waals surface area contributed by atoms with E-state index in [9.17, 15) is 77.1 Å².